The average Bonchev–Trinajstić information content (AvgIpc) is 2.78. The molecule has 3 rings (SSSR count). The van der Waals surface area contributed by atoms with Crippen LogP contribution >= 0.6 is 0 Å². The van der Waals surface area contributed by atoms with Crippen molar-refractivity contribution in [2.75, 3.05) is 20.1 Å². The van der Waals surface area contributed by atoms with Gasteiger partial charge in [0.2, 0.25) is 11.8 Å². The lowest BCUT2D eigenvalue weighted by atomic mass is 9.75. The lowest BCUT2D eigenvalue weighted by Gasteiger charge is -2.43. The zero-order valence-corrected chi connectivity index (χ0v) is 17.9. The van der Waals surface area contributed by atoms with Crippen molar-refractivity contribution in [3.63, 3.8) is 0 Å². The maximum atomic E-state index is 14.0. The molecule has 7 nitrogen and oxygen atoms in total. The van der Waals surface area contributed by atoms with Crippen molar-refractivity contribution in [3.8, 4) is 0 Å². The van der Waals surface area contributed by atoms with E-state index in [9.17, 15) is 18.8 Å². The minimum absolute atomic E-state index is 0.129. The van der Waals surface area contributed by atoms with Crippen molar-refractivity contribution in [1.29, 1.82) is 0 Å². The molecule has 1 aromatic carbocycles. The van der Waals surface area contributed by atoms with Gasteiger partial charge in [-0.15, -0.1) is 0 Å². The number of hydrogen-bond acceptors (Lipinski definition) is 4. The number of benzene rings is 1. The summed E-state index contributed by atoms with van der Waals surface area (Å²) in [6, 6.07) is 11.0. The maximum absolute atomic E-state index is 14.0. The Morgan fingerprint density at radius 2 is 1.84 bits per heavy atom. The predicted molar refractivity (Wildman–Crippen MR) is 114 cm³/mol. The van der Waals surface area contributed by atoms with Crippen LogP contribution in [0.2, 0.25) is 0 Å². The van der Waals surface area contributed by atoms with Crippen LogP contribution < -0.4 is 10.6 Å². The normalized spacial score (nSPS) is 18.9. The third-order valence-corrected chi connectivity index (χ3v) is 5.68. The second-order valence-electron chi connectivity index (χ2n) is 8.27. The van der Waals surface area contributed by atoms with E-state index in [1.807, 2.05) is 6.07 Å². The summed E-state index contributed by atoms with van der Waals surface area (Å²) in [6.45, 7) is 3.74. The number of halogens is 1. The van der Waals surface area contributed by atoms with Crippen molar-refractivity contribution in [2.24, 2.45) is 0 Å². The number of hydrogen-bond donors (Lipinski definition) is 2. The van der Waals surface area contributed by atoms with Crippen LogP contribution in [0.3, 0.4) is 0 Å². The van der Waals surface area contributed by atoms with Gasteiger partial charge in [-0.05, 0) is 51.0 Å². The van der Waals surface area contributed by atoms with Crippen LogP contribution in [-0.2, 0) is 15.0 Å². The van der Waals surface area contributed by atoms with E-state index >= 15 is 0 Å². The van der Waals surface area contributed by atoms with Crippen LogP contribution in [-0.4, -0.2) is 53.3 Å². The summed E-state index contributed by atoms with van der Waals surface area (Å²) in [5.74, 6) is -1.89. The molecular formula is C23H27FN4O3. The van der Waals surface area contributed by atoms with Gasteiger partial charge >= 0.3 is 0 Å². The van der Waals surface area contributed by atoms with Gasteiger partial charge in [0.25, 0.3) is 5.91 Å². The summed E-state index contributed by atoms with van der Waals surface area (Å²) in [5, 5.41) is 5.34. The number of likely N-dealkylation sites (tertiary alicyclic amines) is 1. The Hall–Kier alpha value is -3.29. The molecule has 0 unspecified atom stereocenters. The van der Waals surface area contributed by atoms with Gasteiger partial charge in [0, 0.05) is 26.3 Å². The zero-order chi connectivity index (χ0) is 22.6. The van der Waals surface area contributed by atoms with Gasteiger partial charge in [-0.2, -0.15) is 0 Å². The first kappa shape index (κ1) is 22.4. The molecule has 1 fully saturated rings. The average molecular weight is 426 g/mol. The summed E-state index contributed by atoms with van der Waals surface area (Å²) in [4.78, 5) is 44.8. The van der Waals surface area contributed by atoms with Crippen molar-refractivity contribution < 1.29 is 18.8 Å². The first-order valence-corrected chi connectivity index (χ1v) is 10.2. The van der Waals surface area contributed by atoms with E-state index < -0.39 is 22.7 Å². The SMILES string of the molecule is CNC(=O)[C@]1(c2ccccn2)CCCN(C(=O)C(C)(C)NC(=O)c2ccccc2F)C1. The van der Waals surface area contributed by atoms with Gasteiger partial charge in [0.1, 0.15) is 16.8 Å². The van der Waals surface area contributed by atoms with Crippen LogP contribution in [0, 0.1) is 5.82 Å². The van der Waals surface area contributed by atoms with Crippen LogP contribution in [0.4, 0.5) is 4.39 Å². The Bertz CT molecular complexity index is 980. The lowest BCUT2D eigenvalue weighted by molar-refractivity contribution is -0.141. The Morgan fingerprint density at radius 3 is 2.48 bits per heavy atom. The van der Waals surface area contributed by atoms with Gasteiger partial charge < -0.3 is 15.5 Å². The van der Waals surface area contributed by atoms with Gasteiger partial charge in [-0.25, -0.2) is 4.39 Å². The Labute approximate surface area is 181 Å². The third kappa shape index (κ3) is 4.42. The summed E-state index contributed by atoms with van der Waals surface area (Å²) in [6.07, 6.45) is 2.78. The number of rotatable bonds is 5. The van der Waals surface area contributed by atoms with Crippen LogP contribution in [0.1, 0.15) is 42.7 Å². The van der Waals surface area contributed by atoms with Crippen molar-refractivity contribution in [3.05, 3.63) is 65.7 Å². The maximum Gasteiger partial charge on any atom is 0.255 e. The summed E-state index contributed by atoms with van der Waals surface area (Å²) < 4.78 is 14.0. The molecule has 2 aromatic rings. The van der Waals surface area contributed by atoms with E-state index in [-0.39, 0.29) is 23.9 Å². The molecule has 2 N–H and O–H groups in total. The number of likely N-dealkylation sites (N-methyl/N-ethyl adjacent to an activating group) is 1. The van der Waals surface area contributed by atoms with Crippen LogP contribution in [0.15, 0.2) is 48.7 Å². The Balaban J connectivity index is 1.84. The fourth-order valence-electron chi connectivity index (χ4n) is 4.07. The Morgan fingerprint density at radius 1 is 1.13 bits per heavy atom. The van der Waals surface area contributed by atoms with E-state index in [1.54, 1.807) is 50.2 Å². The van der Waals surface area contributed by atoms with Gasteiger partial charge in [-0.1, -0.05) is 18.2 Å². The number of carbonyl (C=O) groups excluding carboxylic acids is 3. The zero-order valence-electron chi connectivity index (χ0n) is 17.9. The van der Waals surface area contributed by atoms with Gasteiger partial charge in [-0.3, -0.25) is 19.4 Å². The van der Waals surface area contributed by atoms with Crippen molar-refractivity contribution in [2.45, 2.75) is 37.6 Å². The predicted octanol–water partition coefficient (Wildman–Crippen LogP) is 2.04. The molecule has 8 heteroatoms. The minimum Gasteiger partial charge on any atom is -0.358 e. The van der Waals surface area contributed by atoms with E-state index in [0.29, 0.717) is 25.1 Å². The molecule has 1 saturated heterocycles. The van der Waals surface area contributed by atoms with Gasteiger partial charge in [0.15, 0.2) is 0 Å². The highest BCUT2D eigenvalue weighted by Gasteiger charge is 2.47. The van der Waals surface area contributed by atoms with E-state index in [4.69, 9.17) is 0 Å². The second-order valence-corrected chi connectivity index (χ2v) is 8.27. The number of nitrogens with one attached hydrogen (secondary N) is 2. The molecule has 1 atom stereocenters. The number of pyridine rings is 1. The second kappa shape index (κ2) is 8.83. The number of carbonyl (C=O) groups is 3. The topological polar surface area (TPSA) is 91.4 Å². The Kier molecular flexibility index (Phi) is 6.38. The third-order valence-electron chi connectivity index (χ3n) is 5.68. The molecule has 2 heterocycles. The first-order chi connectivity index (χ1) is 14.7. The number of nitrogens with zero attached hydrogens (tertiary/aromatic N) is 2. The van der Waals surface area contributed by atoms with E-state index in [0.717, 1.165) is 0 Å². The monoisotopic (exact) mass is 426 g/mol. The fourth-order valence-corrected chi connectivity index (χ4v) is 4.07. The molecule has 1 aliphatic heterocycles. The van der Waals surface area contributed by atoms with E-state index in [1.165, 1.54) is 18.2 Å². The van der Waals surface area contributed by atoms with E-state index in [2.05, 4.69) is 15.6 Å². The minimum atomic E-state index is -1.30. The molecule has 31 heavy (non-hydrogen) atoms. The largest absolute Gasteiger partial charge is 0.358 e. The van der Waals surface area contributed by atoms with Crippen molar-refractivity contribution in [1.82, 2.24) is 20.5 Å². The highest BCUT2D eigenvalue weighted by Crippen LogP contribution is 2.34. The molecule has 0 bridgehead atoms. The summed E-state index contributed by atoms with van der Waals surface area (Å²) in [7, 11) is 1.56. The molecule has 0 aliphatic carbocycles. The van der Waals surface area contributed by atoms with Crippen LogP contribution in [0.5, 0.6) is 0 Å². The molecule has 3 amide bonds. The number of piperidine rings is 1. The van der Waals surface area contributed by atoms with Gasteiger partial charge in [0.05, 0.1) is 11.3 Å². The van der Waals surface area contributed by atoms with Crippen molar-refractivity contribution >= 4 is 17.7 Å². The standard InChI is InChI=1S/C23H27FN4O3/c1-22(2,27-19(29)16-9-4-5-10-17(16)24)21(31)28-14-8-12-23(15-28,20(30)25-3)18-11-6-7-13-26-18/h4-7,9-11,13H,8,12,14-15H2,1-3H3,(H,25,30)(H,27,29)/t23-/m1/s1. The highest BCUT2D eigenvalue weighted by molar-refractivity contribution is 5.99. The molecule has 1 aromatic heterocycles. The van der Waals surface area contributed by atoms with Crippen LogP contribution in [0.25, 0.3) is 0 Å². The fraction of sp³-hybridized carbons (Fsp3) is 0.391. The lowest BCUT2D eigenvalue weighted by Crippen LogP contribution is -2.62. The molecule has 0 spiro atoms. The molecule has 0 radical (unpaired) electrons. The summed E-state index contributed by atoms with van der Waals surface area (Å²) in [5.41, 5.74) is -1.81. The molecule has 164 valence electrons. The molecular weight excluding hydrogens is 399 g/mol. The number of amides is 3. The quantitative estimate of drug-likeness (QED) is 0.766. The first-order valence-electron chi connectivity index (χ1n) is 10.2. The highest BCUT2D eigenvalue weighted by atomic mass is 19.1. The number of aromatic nitrogens is 1. The summed E-state index contributed by atoms with van der Waals surface area (Å²) >= 11 is 0. The molecule has 1 aliphatic rings. The smallest absolute Gasteiger partial charge is 0.255 e. The molecule has 0 saturated carbocycles.